The molecule has 19 heavy (non-hydrogen) atoms. The number of nitrogens with zero attached hydrogens (tertiary/aromatic N) is 1. The van der Waals surface area contributed by atoms with Gasteiger partial charge in [0.1, 0.15) is 5.60 Å². The summed E-state index contributed by atoms with van der Waals surface area (Å²) in [6.45, 7) is 6.88. The van der Waals surface area contributed by atoms with E-state index < -0.39 is 5.60 Å². The number of ether oxygens (including phenoxy) is 2. The maximum Gasteiger partial charge on any atom is 0.410 e. The number of carbonyl (C=O) groups excluding carboxylic acids is 2. The zero-order valence-electron chi connectivity index (χ0n) is 12.1. The Morgan fingerprint density at radius 1 is 1.16 bits per heavy atom. The minimum atomic E-state index is -0.477. The van der Waals surface area contributed by atoms with Crippen LogP contribution >= 0.6 is 0 Å². The number of methoxy groups -OCH3 is 1. The smallest absolute Gasteiger partial charge is 0.410 e. The summed E-state index contributed by atoms with van der Waals surface area (Å²) in [4.78, 5) is 25.5. The molecule has 5 nitrogen and oxygen atoms in total. The second-order valence-electron chi connectivity index (χ2n) is 6.61. The minimum Gasteiger partial charge on any atom is -0.469 e. The number of hydrogen-bond acceptors (Lipinski definition) is 4. The van der Waals surface area contributed by atoms with Crippen LogP contribution in [0.4, 0.5) is 4.79 Å². The third-order valence-electron chi connectivity index (χ3n) is 3.88. The van der Waals surface area contributed by atoms with E-state index in [0.717, 1.165) is 12.8 Å². The molecule has 0 N–H and O–H groups in total. The maximum absolute atomic E-state index is 12.1. The van der Waals surface area contributed by atoms with Gasteiger partial charge in [0, 0.05) is 13.1 Å². The van der Waals surface area contributed by atoms with E-state index in [4.69, 9.17) is 9.47 Å². The van der Waals surface area contributed by atoms with Crippen LogP contribution in [0.3, 0.4) is 0 Å². The van der Waals surface area contributed by atoms with E-state index in [-0.39, 0.29) is 23.9 Å². The molecular weight excluding hydrogens is 246 g/mol. The summed E-state index contributed by atoms with van der Waals surface area (Å²) in [5.41, 5.74) is -0.477. The molecule has 1 aliphatic carbocycles. The molecule has 0 spiro atoms. The van der Waals surface area contributed by atoms with E-state index in [0.29, 0.717) is 19.0 Å². The highest BCUT2D eigenvalue weighted by atomic mass is 16.6. The van der Waals surface area contributed by atoms with Crippen LogP contribution in [0.5, 0.6) is 0 Å². The van der Waals surface area contributed by atoms with Gasteiger partial charge in [0.25, 0.3) is 0 Å². The van der Waals surface area contributed by atoms with Crippen molar-refractivity contribution >= 4 is 12.1 Å². The standard InChI is InChI=1S/C14H23NO4/c1-14(2,3)19-13(17)15-7-9-5-10(8-15)11(6-9)12(16)18-4/h9-11H,5-8H2,1-4H3/t9-,10-,11-/m0/s1. The van der Waals surface area contributed by atoms with Gasteiger partial charge in [-0.1, -0.05) is 0 Å². The quantitative estimate of drug-likeness (QED) is 0.684. The summed E-state index contributed by atoms with van der Waals surface area (Å²) in [7, 11) is 1.43. The molecule has 1 aliphatic heterocycles. The van der Waals surface area contributed by atoms with Crippen molar-refractivity contribution in [2.75, 3.05) is 20.2 Å². The third-order valence-corrected chi connectivity index (χ3v) is 3.88. The molecule has 2 rings (SSSR count). The van der Waals surface area contributed by atoms with Crippen molar-refractivity contribution in [3.8, 4) is 0 Å². The normalized spacial score (nSPS) is 30.1. The monoisotopic (exact) mass is 269 g/mol. The summed E-state index contributed by atoms with van der Waals surface area (Å²) in [5, 5.41) is 0. The number of rotatable bonds is 1. The van der Waals surface area contributed by atoms with Gasteiger partial charge in [0.05, 0.1) is 13.0 Å². The largest absolute Gasteiger partial charge is 0.469 e. The average molecular weight is 269 g/mol. The second kappa shape index (κ2) is 5.02. The van der Waals surface area contributed by atoms with Gasteiger partial charge in [-0.25, -0.2) is 4.79 Å². The Morgan fingerprint density at radius 3 is 2.42 bits per heavy atom. The zero-order chi connectivity index (χ0) is 14.2. The predicted octanol–water partition coefficient (Wildman–Crippen LogP) is 2.05. The highest BCUT2D eigenvalue weighted by Crippen LogP contribution is 2.41. The molecule has 3 atom stereocenters. The van der Waals surface area contributed by atoms with Gasteiger partial charge in [-0.3, -0.25) is 4.79 Å². The van der Waals surface area contributed by atoms with E-state index in [1.165, 1.54) is 7.11 Å². The molecule has 1 amide bonds. The minimum absolute atomic E-state index is 0.0533. The van der Waals surface area contributed by atoms with Crippen LogP contribution < -0.4 is 0 Å². The molecule has 0 aromatic carbocycles. The van der Waals surface area contributed by atoms with E-state index in [2.05, 4.69) is 0 Å². The molecule has 1 heterocycles. The summed E-state index contributed by atoms with van der Waals surface area (Å²) >= 11 is 0. The Morgan fingerprint density at radius 2 is 1.84 bits per heavy atom. The average Bonchev–Trinajstić information content (AvgIpc) is 2.61. The first kappa shape index (κ1) is 14.2. The predicted molar refractivity (Wildman–Crippen MR) is 69.5 cm³/mol. The highest BCUT2D eigenvalue weighted by Gasteiger charge is 2.45. The first-order valence-corrected chi connectivity index (χ1v) is 6.86. The lowest BCUT2D eigenvalue weighted by molar-refractivity contribution is -0.146. The van der Waals surface area contributed by atoms with Crippen LogP contribution in [0.2, 0.25) is 0 Å². The van der Waals surface area contributed by atoms with Crippen LogP contribution in [0, 0.1) is 17.8 Å². The van der Waals surface area contributed by atoms with Gasteiger partial charge in [0.2, 0.25) is 0 Å². The first-order valence-electron chi connectivity index (χ1n) is 6.86. The molecule has 108 valence electrons. The van der Waals surface area contributed by atoms with Crippen LogP contribution in [-0.2, 0) is 14.3 Å². The molecule has 1 saturated heterocycles. The molecular formula is C14H23NO4. The number of fused-ring (bicyclic) bond motifs is 2. The Bertz CT molecular complexity index is 374. The second-order valence-corrected chi connectivity index (χ2v) is 6.61. The summed E-state index contributed by atoms with van der Waals surface area (Å²) in [6.07, 6.45) is 1.57. The van der Waals surface area contributed by atoms with Crippen LogP contribution in [0.15, 0.2) is 0 Å². The Kier molecular flexibility index (Phi) is 3.74. The van der Waals surface area contributed by atoms with Crippen molar-refractivity contribution in [2.24, 2.45) is 17.8 Å². The number of hydrogen-bond donors (Lipinski definition) is 0. The van der Waals surface area contributed by atoms with Crippen molar-refractivity contribution < 1.29 is 19.1 Å². The topological polar surface area (TPSA) is 55.8 Å². The van der Waals surface area contributed by atoms with Gasteiger partial charge < -0.3 is 14.4 Å². The maximum atomic E-state index is 12.1. The van der Waals surface area contributed by atoms with Crippen LogP contribution in [0.1, 0.15) is 33.6 Å². The number of likely N-dealkylation sites (tertiary alicyclic amines) is 1. The van der Waals surface area contributed by atoms with E-state index in [1.807, 2.05) is 20.8 Å². The summed E-state index contributed by atoms with van der Waals surface area (Å²) in [5.74, 6) is 0.426. The summed E-state index contributed by atoms with van der Waals surface area (Å²) in [6, 6.07) is 0. The van der Waals surface area contributed by atoms with Crippen molar-refractivity contribution in [1.82, 2.24) is 4.90 Å². The zero-order valence-corrected chi connectivity index (χ0v) is 12.1. The summed E-state index contributed by atoms with van der Waals surface area (Å²) < 4.78 is 10.2. The van der Waals surface area contributed by atoms with Crippen molar-refractivity contribution in [2.45, 2.75) is 39.2 Å². The first-order chi connectivity index (χ1) is 8.80. The van der Waals surface area contributed by atoms with Gasteiger partial charge in [-0.2, -0.15) is 0 Å². The molecule has 2 bridgehead atoms. The van der Waals surface area contributed by atoms with Gasteiger partial charge in [0.15, 0.2) is 0 Å². The fourth-order valence-corrected chi connectivity index (χ4v) is 3.18. The molecule has 5 heteroatoms. The van der Waals surface area contributed by atoms with Gasteiger partial charge >= 0.3 is 12.1 Å². The molecule has 0 aromatic heterocycles. The van der Waals surface area contributed by atoms with Gasteiger partial charge in [-0.05, 0) is 45.4 Å². The van der Waals surface area contributed by atoms with Crippen LogP contribution in [0.25, 0.3) is 0 Å². The number of piperidine rings is 1. The molecule has 1 saturated carbocycles. The molecule has 2 fully saturated rings. The number of amides is 1. The Labute approximate surface area is 114 Å². The van der Waals surface area contributed by atoms with Gasteiger partial charge in [-0.15, -0.1) is 0 Å². The SMILES string of the molecule is COC(=O)[C@H]1C[C@@H]2C[C@H]1CN(C(=O)OC(C)(C)C)C2. The third kappa shape index (κ3) is 3.19. The highest BCUT2D eigenvalue weighted by molar-refractivity contribution is 5.74. The molecule has 0 radical (unpaired) electrons. The Hall–Kier alpha value is -1.26. The van der Waals surface area contributed by atoms with Crippen molar-refractivity contribution in [3.05, 3.63) is 0 Å². The lowest BCUT2D eigenvalue weighted by Gasteiger charge is -2.33. The van der Waals surface area contributed by atoms with E-state index in [9.17, 15) is 9.59 Å². The lowest BCUT2D eigenvalue weighted by Crippen LogP contribution is -2.44. The van der Waals surface area contributed by atoms with E-state index in [1.54, 1.807) is 4.90 Å². The fourth-order valence-electron chi connectivity index (χ4n) is 3.18. The lowest BCUT2D eigenvalue weighted by atomic mass is 9.94. The molecule has 2 aliphatic rings. The number of esters is 1. The fraction of sp³-hybridized carbons (Fsp3) is 0.857. The molecule has 0 unspecified atom stereocenters. The van der Waals surface area contributed by atoms with E-state index >= 15 is 0 Å². The molecule has 0 aromatic rings. The number of carbonyl (C=O) groups is 2. The van der Waals surface area contributed by atoms with Crippen molar-refractivity contribution in [3.63, 3.8) is 0 Å². The Balaban J connectivity index is 1.98. The van der Waals surface area contributed by atoms with Crippen LogP contribution in [-0.4, -0.2) is 42.8 Å². The van der Waals surface area contributed by atoms with Crippen molar-refractivity contribution in [1.29, 1.82) is 0 Å².